The molecule has 0 saturated heterocycles. The molecule has 0 nitrogen and oxygen atoms in total. The van der Waals surface area contributed by atoms with Gasteiger partial charge in [0.25, 0.3) is 0 Å². The summed E-state index contributed by atoms with van der Waals surface area (Å²) in [4.78, 5) is 0. The van der Waals surface area contributed by atoms with Crippen molar-refractivity contribution in [1.82, 2.24) is 0 Å². The third kappa shape index (κ3) is 10.2. The maximum atomic E-state index is 2.69. The van der Waals surface area contributed by atoms with Gasteiger partial charge >= 0.3 is 0 Å². The molecule has 0 radical (unpaired) electrons. The van der Waals surface area contributed by atoms with Gasteiger partial charge in [-0.15, -0.1) is 0 Å². The van der Waals surface area contributed by atoms with Crippen LogP contribution in [-0.4, -0.2) is 0 Å². The van der Waals surface area contributed by atoms with Crippen molar-refractivity contribution in [3.63, 3.8) is 0 Å². The lowest BCUT2D eigenvalue weighted by Crippen LogP contribution is -2.13. The van der Waals surface area contributed by atoms with Crippen molar-refractivity contribution in [2.75, 3.05) is 0 Å². The van der Waals surface area contributed by atoms with Crippen molar-refractivity contribution >= 4 is 0 Å². The molecule has 0 saturated carbocycles. The van der Waals surface area contributed by atoms with Crippen molar-refractivity contribution in [1.29, 1.82) is 0 Å². The van der Waals surface area contributed by atoms with E-state index in [2.05, 4.69) is 73.6 Å². The summed E-state index contributed by atoms with van der Waals surface area (Å²) >= 11 is 0. The fourth-order valence-electron chi connectivity index (χ4n) is 5.18. The highest BCUT2D eigenvalue weighted by atomic mass is 14.3. The summed E-state index contributed by atoms with van der Waals surface area (Å²) in [7, 11) is 0. The second kappa shape index (κ2) is 14.3. The molecule has 168 valence electrons. The zero-order valence-electron chi connectivity index (χ0n) is 21.2. The average molecular weight is 401 g/mol. The number of allylic oxidation sites excluding steroid dienone is 6. The fraction of sp³-hybridized carbons (Fsp3) is 0.793. The molecule has 29 heavy (non-hydrogen) atoms. The lowest BCUT2D eigenvalue weighted by atomic mass is 9.80. The van der Waals surface area contributed by atoms with Gasteiger partial charge in [0.05, 0.1) is 0 Å². The first-order valence-corrected chi connectivity index (χ1v) is 12.8. The molecule has 0 aromatic carbocycles. The third-order valence-corrected chi connectivity index (χ3v) is 7.61. The second-order valence-electron chi connectivity index (χ2n) is 10.3. The minimum Gasteiger partial charge on any atom is -0.0887 e. The standard InChI is InChI=1S/C29H52/c1-9-22(4)17-23(5)18-27(11-3)21-29-20-24(6)19-28(25(7)10-2)16-14-12-13-15-26(29)8/h9,18,20,23,25-26,28-29H,10-17,19,21H2,1-8H3. The van der Waals surface area contributed by atoms with Gasteiger partial charge in [-0.25, -0.2) is 0 Å². The molecule has 1 aliphatic rings. The Balaban J connectivity index is 2.98. The van der Waals surface area contributed by atoms with Gasteiger partial charge in [-0.2, -0.15) is 0 Å². The zero-order valence-corrected chi connectivity index (χ0v) is 21.2. The molecule has 1 rings (SSSR count). The van der Waals surface area contributed by atoms with Crippen molar-refractivity contribution in [2.24, 2.45) is 29.6 Å². The van der Waals surface area contributed by atoms with Crippen molar-refractivity contribution in [2.45, 2.75) is 120 Å². The number of hydrogen-bond donors (Lipinski definition) is 0. The Bertz CT molecular complexity index is 532. The van der Waals surface area contributed by atoms with E-state index in [0.717, 1.165) is 17.8 Å². The highest BCUT2D eigenvalue weighted by molar-refractivity contribution is 5.12. The fourth-order valence-corrected chi connectivity index (χ4v) is 5.18. The third-order valence-electron chi connectivity index (χ3n) is 7.61. The molecular weight excluding hydrogens is 348 g/mol. The Morgan fingerprint density at radius 2 is 1.83 bits per heavy atom. The molecule has 0 aromatic heterocycles. The molecule has 0 aromatic rings. The van der Waals surface area contributed by atoms with Gasteiger partial charge in [0.1, 0.15) is 0 Å². The lowest BCUT2D eigenvalue weighted by molar-refractivity contribution is 0.313. The van der Waals surface area contributed by atoms with Crippen LogP contribution in [0.15, 0.2) is 34.9 Å². The summed E-state index contributed by atoms with van der Waals surface area (Å²) < 4.78 is 0. The molecule has 5 unspecified atom stereocenters. The van der Waals surface area contributed by atoms with Gasteiger partial charge in [0.15, 0.2) is 0 Å². The smallest absolute Gasteiger partial charge is 0.0168 e. The monoisotopic (exact) mass is 400 g/mol. The second-order valence-corrected chi connectivity index (χ2v) is 10.3. The molecular formula is C29H52. The van der Waals surface area contributed by atoms with Gasteiger partial charge in [0.2, 0.25) is 0 Å². The molecule has 5 atom stereocenters. The summed E-state index contributed by atoms with van der Waals surface area (Å²) in [5, 5.41) is 0. The molecule has 0 bridgehead atoms. The van der Waals surface area contributed by atoms with Crippen LogP contribution in [0.1, 0.15) is 120 Å². The topological polar surface area (TPSA) is 0 Å². The van der Waals surface area contributed by atoms with Crippen molar-refractivity contribution in [3.05, 3.63) is 34.9 Å². The predicted molar refractivity (Wildman–Crippen MR) is 133 cm³/mol. The number of hydrogen-bond acceptors (Lipinski definition) is 0. The summed E-state index contributed by atoms with van der Waals surface area (Å²) in [6, 6.07) is 0. The molecule has 0 amide bonds. The van der Waals surface area contributed by atoms with Crippen LogP contribution in [-0.2, 0) is 0 Å². The van der Waals surface area contributed by atoms with Gasteiger partial charge in [-0.1, -0.05) is 102 Å². The van der Waals surface area contributed by atoms with Crippen molar-refractivity contribution < 1.29 is 0 Å². The van der Waals surface area contributed by atoms with E-state index in [1.54, 1.807) is 11.1 Å². The van der Waals surface area contributed by atoms with Gasteiger partial charge < -0.3 is 0 Å². The molecule has 0 heteroatoms. The van der Waals surface area contributed by atoms with E-state index in [4.69, 9.17) is 0 Å². The van der Waals surface area contributed by atoms with Gasteiger partial charge in [-0.05, 0) is 82.5 Å². The first kappa shape index (κ1) is 26.3. The van der Waals surface area contributed by atoms with Crippen molar-refractivity contribution in [3.8, 4) is 0 Å². The first-order valence-electron chi connectivity index (χ1n) is 12.8. The summed E-state index contributed by atoms with van der Waals surface area (Å²) in [6.45, 7) is 18.9. The number of rotatable bonds is 8. The SMILES string of the molecule is CC=C(C)CC(C)C=C(CC)CC1C=C(C)CC(C(C)CC)CCCCCC1C. The van der Waals surface area contributed by atoms with Crippen LogP contribution in [0.4, 0.5) is 0 Å². The normalized spacial score (nSPS) is 27.7. The maximum absolute atomic E-state index is 2.69. The van der Waals surface area contributed by atoms with E-state index < -0.39 is 0 Å². The van der Waals surface area contributed by atoms with Crippen LogP contribution >= 0.6 is 0 Å². The minimum absolute atomic E-state index is 0.652. The molecule has 0 aliphatic heterocycles. The highest BCUT2D eigenvalue weighted by Crippen LogP contribution is 2.34. The summed E-state index contributed by atoms with van der Waals surface area (Å²) in [5.41, 5.74) is 4.84. The zero-order chi connectivity index (χ0) is 21.8. The van der Waals surface area contributed by atoms with Crippen LogP contribution in [0.25, 0.3) is 0 Å². The average Bonchev–Trinajstić information content (AvgIpc) is 2.72. The molecule has 1 aliphatic carbocycles. The van der Waals surface area contributed by atoms with E-state index >= 15 is 0 Å². The Labute approximate surface area is 184 Å². The van der Waals surface area contributed by atoms with Crippen LogP contribution in [0, 0.1) is 29.6 Å². The Hall–Kier alpha value is -0.780. The molecule has 0 N–H and O–H groups in total. The van der Waals surface area contributed by atoms with Crippen LogP contribution in [0.3, 0.4) is 0 Å². The Morgan fingerprint density at radius 1 is 1.14 bits per heavy atom. The predicted octanol–water partition coefficient (Wildman–Crippen LogP) is 9.92. The van der Waals surface area contributed by atoms with E-state index in [1.165, 1.54) is 69.8 Å². The van der Waals surface area contributed by atoms with E-state index in [0.29, 0.717) is 11.8 Å². The summed E-state index contributed by atoms with van der Waals surface area (Å²) in [6.07, 6.45) is 21.0. The first-order chi connectivity index (χ1) is 13.8. The van der Waals surface area contributed by atoms with Crippen LogP contribution in [0.5, 0.6) is 0 Å². The van der Waals surface area contributed by atoms with Gasteiger partial charge in [0, 0.05) is 0 Å². The lowest BCUT2D eigenvalue weighted by Gasteiger charge is -2.25. The van der Waals surface area contributed by atoms with E-state index in [1.807, 2.05) is 0 Å². The molecule has 0 fully saturated rings. The maximum Gasteiger partial charge on any atom is -0.0168 e. The Morgan fingerprint density at radius 3 is 2.45 bits per heavy atom. The Kier molecular flexibility index (Phi) is 12.9. The van der Waals surface area contributed by atoms with Crippen LogP contribution < -0.4 is 0 Å². The minimum atomic E-state index is 0.652. The van der Waals surface area contributed by atoms with Gasteiger partial charge in [-0.3, -0.25) is 0 Å². The summed E-state index contributed by atoms with van der Waals surface area (Å²) in [5.74, 6) is 3.91. The highest BCUT2D eigenvalue weighted by Gasteiger charge is 2.21. The van der Waals surface area contributed by atoms with E-state index in [-0.39, 0.29) is 0 Å². The largest absolute Gasteiger partial charge is 0.0887 e. The molecule has 0 spiro atoms. The van der Waals surface area contributed by atoms with Crippen LogP contribution in [0.2, 0.25) is 0 Å². The quantitative estimate of drug-likeness (QED) is 0.355. The molecule has 0 heterocycles. The van der Waals surface area contributed by atoms with E-state index in [9.17, 15) is 0 Å².